The Morgan fingerprint density at radius 3 is 2.81 bits per heavy atom. The second-order valence-corrected chi connectivity index (χ2v) is 5.22. The molecule has 2 heterocycles. The van der Waals surface area contributed by atoms with E-state index in [0.717, 1.165) is 22.4 Å². The van der Waals surface area contributed by atoms with Crippen LogP contribution in [0.2, 0.25) is 0 Å². The summed E-state index contributed by atoms with van der Waals surface area (Å²) in [7, 11) is 0. The van der Waals surface area contributed by atoms with Crippen LogP contribution in [-0.2, 0) is 6.54 Å². The van der Waals surface area contributed by atoms with Crippen LogP contribution in [0, 0.1) is 0 Å². The zero-order valence-corrected chi connectivity index (χ0v) is 12.1. The summed E-state index contributed by atoms with van der Waals surface area (Å²) in [6.45, 7) is 4.61. The molecule has 3 aromatic rings. The van der Waals surface area contributed by atoms with Crippen molar-refractivity contribution in [3.05, 3.63) is 54.1 Å². The normalized spacial score (nSPS) is 11.2. The predicted octanol–water partition coefficient (Wildman–Crippen LogP) is 3.88. The van der Waals surface area contributed by atoms with Crippen LogP contribution in [0.15, 0.2) is 47.0 Å². The summed E-state index contributed by atoms with van der Waals surface area (Å²) < 4.78 is 13.3. The van der Waals surface area contributed by atoms with Crippen molar-refractivity contribution in [2.45, 2.75) is 26.5 Å². The van der Waals surface area contributed by atoms with Crippen molar-refractivity contribution in [1.82, 2.24) is 4.57 Å². The summed E-state index contributed by atoms with van der Waals surface area (Å²) in [5.74, 6) is 1.99. The monoisotopic (exact) mass is 283 g/mol. The highest BCUT2D eigenvalue weighted by atomic mass is 16.5. The second kappa shape index (κ2) is 5.48. The largest absolute Gasteiger partial charge is 0.490 e. The van der Waals surface area contributed by atoms with E-state index in [-0.39, 0.29) is 6.10 Å². The van der Waals surface area contributed by atoms with Crippen LogP contribution in [0.1, 0.15) is 30.2 Å². The highest BCUT2D eigenvalue weighted by Gasteiger charge is 2.09. The number of hydrogen-bond acceptors (Lipinski definition) is 3. The number of aromatic nitrogens is 1. The molecule has 0 unspecified atom stereocenters. The van der Waals surface area contributed by atoms with Gasteiger partial charge in [0.1, 0.15) is 11.5 Å². The molecule has 4 heteroatoms. The molecular formula is C17H17NO3. The molecule has 0 atom stereocenters. The van der Waals surface area contributed by atoms with Gasteiger partial charge in [-0.3, -0.25) is 4.79 Å². The lowest BCUT2D eigenvalue weighted by atomic mass is 10.2. The summed E-state index contributed by atoms with van der Waals surface area (Å²) in [5, 5.41) is 1.08. The zero-order chi connectivity index (χ0) is 14.8. The van der Waals surface area contributed by atoms with Crippen LogP contribution in [0.3, 0.4) is 0 Å². The van der Waals surface area contributed by atoms with E-state index in [1.807, 2.05) is 50.4 Å². The quantitative estimate of drug-likeness (QED) is 0.667. The molecule has 0 N–H and O–H groups in total. The fraction of sp³-hybridized carbons (Fsp3) is 0.235. The topological polar surface area (TPSA) is 44.4 Å². The van der Waals surface area contributed by atoms with Gasteiger partial charge >= 0.3 is 0 Å². The first kappa shape index (κ1) is 13.5. The third kappa shape index (κ3) is 2.70. The first-order valence-electron chi connectivity index (χ1n) is 6.96. The van der Waals surface area contributed by atoms with Gasteiger partial charge in [-0.05, 0) is 44.2 Å². The van der Waals surface area contributed by atoms with Crippen molar-refractivity contribution in [2.24, 2.45) is 0 Å². The molecule has 0 aliphatic carbocycles. The Bertz CT molecular complexity index is 767. The standard InChI is InChI=1S/C17H17NO3/c1-12(2)20-17-5-3-4-16-15(17)8-9-18(16)10-13-6-7-14(11-19)21-13/h3-9,11-12H,10H2,1-2H3. The van der Waals surface area contributed by atoms with Crippen molar-refractivity contribution < 1.29 is 13.9 Å². The molecule has 0 spiro atoms. The molecule has 0 amide bonds. The molecule has 0 fully saturated rings. The minimum atomic E-state index is 0.138. The van der Waals surface area contributed by atoms with Crippen LogP contribution in [0.5, 0.6) is 5.75 Å². The second-order valence-electron chi connectivity index (χ2n) is 5.22. The Labute approximate surface area is 122 Å². The Morgan fingerprint density at radius 1 is 1.24 bits per heavy atom. The molecule has 3 rings (SSSR count). The molecule has 21 heavy (non-hydrogen) atoms. The van der Waals surface area contributed by atoms with Gasteiger partial charge in [0.25, 0.3) is 0 Å². The Balaban J connectivity index is 1.94. The van der Waals surface area contributed by atoms with Gasteiger partial charge in [-0.15, -0.1) is 0 Å². The molecule has 0 radical (unpaired) electrons. The predicted molar refractivity (Wildman–Crippen MR) is 80.9 cm³/mol. The van der Waals surface area contributed by atoms with Gasteiger partial charge in [0.15, 0.2) is 12.0 Å². The number of carbonyl (C=O) groups is 1. The summed E-state index contributed by atoms with van der Waals surface area (Å²) >= 11 is 0. The Morgan fingerprint density at radius 2 is 2.10 bits per heavy atom. The molecule has 1 aromatic carbocycles. The van der Waals surface area contributed by atoms with Gasteiger partial charge in [-0.2, -0.15) is 0 Å². The number of carbonyl (C=O) groups excluding carboxylic acids is 1. The number of furan rings is 1. The third-order valence-electron chi connectivity index (χ3n) is 3.26. The minimum Gasteiger partial charge on any atom is -0.490 e. The van der Waals surface area contributed by atoms with E-state index >= 15 is 0 Å². The molecule has 0 bridgehead atoms. The fourth-order valence-electron chi connectivity index (χ4n) is 2.40. The Kier molecular flexibility index (Phi) is 3.52. The van der Waals surface area contributed by atoms with Gasteiger partial charge in [0.05, 0.1) is 18.2 Å². The summed E-state index contributed by atoms with van der Waals surface area (Å²) in [6.07, 6.45) is 2.85. The van der Waals surface area contributed by atoms with Crippen molar-refractivity contribution in [1.29, 1.82) is 0 Å². The van der Waals surface area contributed by atoms with E-state index in [2.05, 4.69) is 4.57 Å². The molecule has 4 nitrogen and oxygen atoms in total. The molecule has 0 aliphatic rings. The number of aldehydes is 1. The maximum atomic E-state index is 10.7. The van der Waals surface area contributed by atoms with Crippen LogP contribution >= 0.6 is 0 Å². The van der Waals surface area contributed by atoms with E-state index in [9.17, 15) is 4.79 Å². The van der Waals surface area contributed by atoms with Gasteiger partial charge in [-0.1, -0.05) is 6.07 Å². The van der Waals surface area contributed by atoms with E-state index < -0.39 is 0 Å². The first-order chi connectivity index (χ1) is 10.2. The molecule has 0 aliphatic heterocycles. The lowest BCUT2D eigenvalue weighted by Crippen LogP contribution is -2.05. The van der Waals surface area contributed by atoms with Crippen molar-refractivity contribution >= 4 is 17.2 Å². The maximum Gasteiger partial charge on any atom is 0.185 e. The maximum absolute atomic E-state index is 10.7. The van der Waals surface area contributed by atoms with Gasteiger partial charge < -0.3 is 13.7 Å². The van der Waals surface area contributed by atoms with E-state index in [4.69, 9.17) is 9.15 Å². The number of rotatable bonds is 5. The van der Waals surface area contributed by atoms with Gasteiger partial charge in [-0.25, -0.2) is 0 Å². The molecule has 2 aromatic heterocycles. The third-order valence-corrected chi connectivity index (χ3v) is 3.26. The Hall–Kier alpha value is -2.49. The van der Waals surface area contributed by atoms with E-state index in [1.54, 1.807) is 6.07 Å². The van der Waals surface area contributed by atoms with Crippen LogP contribution in [-0.4, -0.2) is 17.0 Å². The van der Waals surface area contributed by atoms with Crippen LogP contribution < -0.4 is 4.74 Å². The highest BCUT2D eigenvalue weighted by Crippen LogP contribution is 2.28. The SMILES string of the molecule is CC(C)Oc1cccc2c1ccn2Cc1ccc(C=O)o1. The summed E-state index contributed by atoms with van der Waals surface area (Å²) in [4.78, 5) is 10.7. The van der Waals surface area contributed by atoms with E-state index in [0.29, 0.717) is 18.6 Å². The lowest BCUT2D eigenvalue weighted by molar-refractivity contribution is 0.109. The average Bonchev–Trinajstić information content (AvgIpc) is 3.07. The number of fused-ring (bicyclic) bond motifs is 1. The number of nitrogens with zero attached hydrogens (tertiary/aromatic N) is 1. The number of benzene rings is 1. The van der Waals surface area contributed by atoms with Crippen LogP contribution in [0.25, 0.3) is 10.9 Å². The van der Waals surface area contributed by atoms with Crippen molar-refractivity contribution in [3.63, 3.8) is 0 Å². The summed E-state index contributed by atoms with van der Waals surface area (Å²) in [5.41, 5.74) is 1.08. The average molecular weight is 283 g/mol. The fourth-order valence-corrected chi connectivity index (χ4v) is 2.40. The minimum absolute atomic E-state index is 0.138. The smallest absolute Gasteiger partial charge is 0.185 e. The summed E-state index contributed by atoms with van der Waals surface area (Å²) in [6, 6.07) is 11.5. The van der Waals surface area contributed by atoms with Gasteiger partial charge in [0, 0.05) is 11.6 Å². The molecular weight excluding hydrogens is 266 g/mol. The van der Waals surface area contributed by atoms with Crippen molar-refractivity contribution in [2.75, 3.05) is 0 Å². The van der Waals surface area contributed by atoms with E-state index in [1.165, 1.54) is 0 Å². The lowest BCUT2D eigenvalue weighted by Gasteiger charge is -2.11. The highest BCUT2D eigenvalue weighted by molar-refractivity contribution is 5.86. The van der Waals surface area contributed by atoms with Gasteiger partial charge in [0.2, 0.25) is 0 Å². The molecule has 0 saturated carbocycles. The van der Waals surface area contributed by atoms with Crippen LogP contribution in [0.4, 0.5) is 0 Å². The van der Waals surface area contributed by atoms with Crippen molar-refractivity contribution in [3.8, 4) is 5.75 Å². The molecule has 108 valence electrons. The first-order valence-corrected chi connectivity index (χ1v) is 6.96. The number of ether oxygens (including phenoxy) is 1. The molecule has 0 saturated heterocycles. The number of hydrogen-bond donors (Lipinski definition) is 0. The zero-order valence-electron chi connectivity index (χ0n) is 12.1.